The minimum Gasteiger partial charge on any atom is -0.326 e. The first kappa shape index (κ1) is 16.6. The number of rotatable bonds is 4. The molecule has 0 bridgehead atoms. The minimum absolute atomic E-state index is 0.268. The molecule has 2 aromatic rings. The van der Waals surface area contributed by atoms with Crippen molar-refractivity contribution >= 4 is 11.4 Å². The molecule has 1 aliphatic rings. The van der Waals surface area contributed by atoms with Crippen LogP contribution in [0.5, 0.6) is 0 Å². The first-order valence-electron chi connectivity index (χ1n) is 8.93. The molecule has 2 heteroatoms. The fourth-order valence-electron chi connectivity index (χ4n) is 3.50. The lowest BCUT2D eigenvalue weighted by Gasteiger charge is -2.34. The maximum absolute atomic E-state index is 2.43. The maximum atomic E-state index is 2.43. The van der Waals surface area contributed by atoms with Gasteiger partial charge >= 0.3 is 0 Å². The van der Waals surface area contributed by atoms with Crippen molar-refractivity contribution in [2.24, 2.45) is 0 Å². The molecule has 0 saturated heterocycles. The van der Waals surface area contributed by atoms with E-state index in [1.165, 1.54) is 22.5 Å². The summed E-state index contributed by atoms with van der Waals surface area (Å²) < 4.78 is 0. The Balaban J connectivity index is 2.03. The Morgan fingerprint density at radius 2 is 1.25 bits per heavy atom. The van der Waals surface area contributed by atoms with Crippen LogP contribution in [0.2, 0.25) is 0 Å². The number of benzene rings is 2. The van der Waals surface area contributed by atoms with Gasteiger partial charge in [-0.15, -0.1) is 0 Å². The highest BCUT2D eigenvalue weighted by Crippen LogP contribution is 2.39. The monoisotopic (exact) mass is 320 g/mol. The predicted octanol–water partition coefficient (Wildman–Crippen LogP) is 6.08. The standard InChI is InChI=1S/C22H28N2/c1-16(2)20-12-9-13-21(17(3)4)22(20)24-15-14-23(18(24)5)19-10-7-6-8-11-19/h6-18H,1-5H3. The average molecular weight is 320 g/mol. The van der Waals surface area contributed by atoms with E-state index < -0.39 is 0 Å². The lowest BCUT2D eigenvalue weighted by atomic mass is 9.92. The molecule has 0 amide bonds. The normalized spacial score (nSPS) is 17.4. The van der Waals surface area contributed by atoms with Crippen LogP contribution in [0.25, 0.3) is 0 Å². The molecule has 1 atom stereocenters. The summed E-state index contributed by atoms with van der Waals surface area (Å²) in [6.45, 7) is 11.4. The molecule has 2 nitrogen and oxygen atoms in total. The number of hydrogen-bond acceptors (Lipinski definition) is 2. The van der Waals surface area contributed by atoms with Crippen LogP contribution in [-0.4, -0.2) is 6.17 Å². The summed E-state index contributed by atoms with van der Waals surface area (Å²) in [6, 6.07) is 17.4. The molecule has 2 aromatic carbocycles. The van der Waals surface area contributed by atoms with Crippen LogP contribution in [-0.2, 0) is 0 Å². The van der Waals surface area contributed by atoms with Crippen molar-refractivity contribution < 1.29 is 0 Å². The Labute approximate surface area is 146 Å². The zero-order chi connectivity index (χ0) is 17.3. The quantitative estimate of drug-likeness (QED) is 0.674. The molecule has 1 heterocycles. The SMILES string of the molecule is CC(C)c1cccc(C(C)C)c1N1C=CN(c2ccccc2)C1C. The smallest absolute Gasteiger partial charge is 0.107 e. The minimum atomic E-state index is 0.268. The van der Waals surface area contributed by atoms with E-state index in [2.05, 4.69) is 105 Å². The van der Waals surface area contributed by atoms with Crippen LogP contribution in [0.4, 0.5) is 11.4 Å². The Hall–Kier alpha value is -2.22. The second-order valence-corrected chi connectivity index (χ2v) is 7.17. The van der Waals surface area contributed by atoms with Gasteiger partial charge in [0.1, 0.15) is 6.17 Å². The third-order valence-corrected chi connectivity index (χ3v) is 4.85. The van der Waals surface area contributed by atoms with Crippen molar-refractivity contribution in [1.29, 1.82) is 0 Å². The molecule has 126 valence electrons. The van der Waals surface area contributed by atoms with E-state index in [0.29, 0.717) is 11.8 Å². The molecular formula is C22H28N2. The van der Waals surface area contributed by atoms with E-state index >= 15 is 0 Å². The molecule has 3 rings (SSSR count). The maximum Gasteiger partial charge on any atom is 0.107 e. The fourth-order valence-corrected chi connectivity index (χ4v) is 3.50. The number of para-hydroxylation sites is 2. The van der Waals surface area contributed by atoms with Crippen molar-refractivity contribution in [2.45, 2.75) is 52.6 Å². The second kappa shape index (κ2) is 6.72. The van der Waals surface area contributed by atoms with Gasteiger partial charge in [-0.05, 0) is 42.0 Å². The Kier molecular flexibility index (Phi) is 4.66. The lowest BCUT2D eigenvalue weighted by Crippen LogP contribution is -2.37. The molecule has 0 N–H and O–H groups in total. The number of nitrogens with zero attached hydrogens (tertiary/aromatic N) is 2. The lowest BCUT2D eigenvalue weighted by molar-refractivity contribution is 0.728. The van der Waals surface area contributed by atoms with E-state index in [0.717, 1.165) is 0 Å². The van der Waals surface area contributed by atoms with E-state index in [1.54, 1.807) is 0 Å². The molecule has 1 unspecified atom stereocenters. The van der Waals surface area contributed by atoms with Gasteiger partial charge in [-0.3, -0.25) is 0 Å². The summed E-state index contributed by atoms with van der Waals surface area (Å²) in [5.41, 5.74) is 5.46. The van der Waals surface area contributed by atoms with Gasteiger partial charge in [0, 0.05) is 23.8 Å². The topological polar surface area (TPSA) is 6.48 Å². The van der Waals surface area contributed by atoms with Gasteiger partial charge in [0.05, 0.1) is 0 Å². The zero-order valence-corrected chi connectivity index (χ0v) is 15.4. The highest BCUT2D eigenvalue weighted by Gasteiger charge is 2.28. The highest BCUT2D eigenvalue weighted by molar-refractivity contribution is 5.68. The van der Waals surface area contributed by atoms with Crippen LogP contribution in [0.15, 0.2) is 60.9 Å². The van der Waals surface area contributed by atoms with E-state index in [-0.39, 0.29) is 6.17 Å². The van der Waals surface area contributed by atoms with Crippen molar-refractivity contribution in [3.05, 3.63) is 72.1 Å². The molecular weight excluding hydrogens is 292 g/mol. The summed E-state index contributed by atoms with van der Waals surface area (Å²) in [7, 11) is 0. The van der Waals surface area contributed by atoms with Crippen molar-refractivity contribution in [1.82, 2.24) is 0 Å². The third-order valence-electron chi connectivity index (χ3n) is 4.85. The molecule has 0 aliphatic carbocycles. The molecule has 0 fully saturated rings. The molecule has 0 aromatic heterocycles. The molecule has 0 radical (unpaired) electrons. The first-order valence-corrected chi connectivity index (χ1v) is 8.93. The van der Waals surface area contributed by atoms with Gasteiger partial charge in [0.15, 0.2) is 0 Å². The number of anilines is 2. The largest absolute Gasteiger partial charge is 0.326 e. The second-order valence-electron chi connectivity index (χ2n) is 7.17. The van der Waals surface area contributed by atoms with Crippen molar-refractivity contribution in [3.63, 3.8) is 0 Å². The van der Waals surface area contributed by atoms with Gasteiger partial charge in [-0.25, -0.2) is 0 Å². The Morgan fingerprint density at radius 1 is 0.708 bits per heavy atom. The summed E-state index contributed by atoms with van der Waals surface area (Å²) in [4.78, 5) is 4.76. The molecule has 0 saturated carbocycles. The first-order chi connectivity index (χ1) is 11.5. The molecule has 0 spiro atoms. The number of hydrogen-bond donors (Lipinski definition) is 0. The predicted molar refractivity (Wildman–Crippen MR) is 105 cm³/mol. The van der Waals surface area contributed by atoms with Gasteiger partial charge in [0.25, 0.3) is 0 Å². The van der Waals surface area contributed by atoms with E-state index in [1.807, 2.05) is 0 Å². The van der Waals surface area contributed by atoms with E-state index in [4.69, 9.17) is 0 Å². The summed E-state index contributed by atoms with van der Waals surface area (Å²) in [5.74, 6) is 1.01. The zero-order valence-electron chi connectivity index (χ0n) is 15.4. The van der Waals surface area contributed by atoms with Gasteiger partial charge in [-0.1, -0.05) is 64.1 Å². The third kappa shape index (κ3) is 2.93. The van der Waals surface area contributed by atoms with Crippen molar-refractivity contribution in [2.75, 3.05) is 9.80 Å². The van der Waals surface area contributed by atoms with Crippen LogP contribution in [0, 0.1) is 0 Å². The van der Waals surface area contributed by atoms with Crippen LogP contribution >= 0.6 is 0 Å². The van der Waals surface area contributed by atoms with Gasteiger partial charge in [0.2, 0.25) is 0 Å². The summed E-state index contributed by atoms with van der Waals surface area (Å²) in [6.07, 6.45) is 4.69. The van der Waals surface area contributed by atoms with Crippen molar-refractivity contribution in [3.8, 4) is 0 Å². The molecule has 24 heavy (non-hydrogen) atoms. The van der Waals surface area contributed by atoms with Crippen LogP contribution < -0.4 is 9.80 Å². The Bertz CT molecular complexity index is 690. The Morgan fingerprint density at radius 3 is 1.79 bits per heavy atom. The average Bonchev–Trinajstić information content (AvgIpc) is 2.96. The van der Waals surface area contributed by atoms with E-state index in [9.17, 15) is 0 Å². The highest BCUT2D eigenvalue weighted by atomic mass is 15.4. The summed E-state index contributed by atoms with van der Waals surface area (Å²) in [5, 5.41) is 0. The fraction of sp³-hybridized carbons (Fsp3) is 0.364. The van der Waals surface area contributed by atoms with Gasteiger partial charge in [-0.2, -0.15) is 0 Å². The van der Waals surface area contributed by atoms with Crippen LogP contribution in [0.1, 0.15) is 57.6 Å². The molecule has 1 aliphatic heterocycles. The summed E-state index contributed by atoms with van der Waals surface area (Å²) >= 11 is 0. The van der Waals surface area contributed by atoms with Gasteiger partial charge < -0.3 is 9.80 Å². The van der Waals surface area contributed by atoms with Crippen LogP contribution in [0.3, 0.4) is 0 Å².